The van der Waals surface area contributed by atoms with Gasteiger partial charge in [-0.2, -0.15) is 0 Å². The van der Waals surface area contributed by atoms with E-state index in [4.69, 9.17) is 0 Å². The molecule has 134 valence electrons. The number of hydrogen-bond donors (Lipinski definition) is 2. The minimum absolute atomic E-state index is 0.230. The predicted octanol–water partition coefficient (Wildman–Crippen LogP) is 6.15. The normalized spacial score (nSPS) is 11.2. The summed E-state index contributed by atoms with van der Waals surface area (Å²) in [4.78, 5) is 0. The minimum atomic E-state index is 0.230. The van der Waals surface area contributed by atoms with Crippen LogP contribution in [-0.2, 0) is 0 Å². The van der Waals surface area contributed by atoms with Gasteiger partial charge in [0.05, 0.1) is 0 Å². The van der Waals surface area contributed by atoms with Gasteiger partial charge in [-0.25, -0.2) is 0 Å². The maximum atomic E-state index is 9.78. The molecular weight excluding hydrogens is 320 g/mol. The SMILES string of the molecule is Cc1cc(C(C)c2cc(C)c(O)cc2C)c(C)cc1O.c1cc2cc-2c1. The standard InChI is InChI=1S/C18H22O2.C6H4/c1-10-8-17(19)12(3)6-15(10)14(5)16-7-13(4)18(20)9-11(16)2;1-2-5-4-6(5)3-1/h6-9,14,19-20H,1-5H3;1-4H. The molecule has 2 N–H and O–H groups in total. The summed E-state index contributed by atoms with van der Waals surface area (Å²) in [6.07, 6.45) is 0. The number of rotatable bonds is 2. The van der Waals surface area contributed by atoms with Crippen molar-refractivity contribution in [2.45, 2.75) is 40.5 Å². The monoisotopic (exact) mass is 346 g/mol. The predicted molar refractivity (Wildman–Crippen MR) is 108 cm³/mol. The number of phenols is 2. The first-order valence-electron chi connectivity index (χ1n) is 8.98. The molecule has 0 aliphatic heterocycles. The molecule has 2 nitrogen and oxygen atoms in total. The Morgan fingerprint density at radius 3 is 1.35 bits per heavy atom. The Bertz CT molecular complexity index is 895. The number of aryl methyl sites for hydroxylation is 4. The Balaban J connectivity index is 0.000000269. The average molecular weight is 346 g/mol. The van der Waals surface area contributed by atoms with Gasteiger partial charge in [0.15, 0.2) is 0 Å². The Labute approximate surface area is 155 Å². The zero-order valence-electron chi connectivity index (χ0n) is 16.1. The molecule has 26 heavy (non-hydrogen) atoms. The lowest BCUT2D eigenvalue weighted by molar-refractivity contribution is 0.470. The summed E-state index contributed by atoms with van der Waals surface area (Å²) < 4.78 is 0. The Morgan fingerprint density at radius 1 is 0.615 bits per heavy atom. The van der Waals surface area contributed by atoms with Gasteiger partial charge in [-0.1, -0.05) is 37.3 Å². The summed E-state index contributed by atoms with van der Waals surface area (Å²) in [5.41, 5.74) is 9.25. The van der Waals surface area contributed by atoms with Crippen LogP contribution < -0.4 is 0 Å². The number of fused-ring (bicyclic) bond motifs is 1. The first-order chi connectivity index (χ1) is 12.3. The van der Waals surface area contributed by atoms with Crippen LogP contribution in [-0.4, -0.2) is 10.2 Å². The molecule has 2 aliphatic carbocycles. The Hall–Kier alpha value is -2.74. The van der Waals surface area contributed by atoms with E-state index in [-0.39, 0.29) is 5.92 Å². The molecule has 0 aromatic heterocycles. The van der Waals surface area contributed by atoms with Crippen molar-refractivity contribution in [2.24, 2.45) is 0 Å². The molecule has 0 saturated heterocycles. The summed E-state index contributed by atoms with van der Waals surface area (Å²) in [5.74, 6) is 0.919. The molecule has 0 spiro atoms. The number of benzene rings is 3. The molecule has 0 radical (unpaired) electrons. The smallest absolute Gasteiger partial charge is 0.118 e. The van der Waals surface area contributed by atoms with Crippen molar-refractivity contribution < 1.29 is 10.2 Å². The molecule has 2 aliphatic rings. The van der Waals surface area contributed by atoms with Crippen LogP contribution in [0.5, 0.6) is 11.5 Å². The van der Waals surface area contributed by atoms with Crippen molar-refractivity contribution in [1.82, 2.24) is 0 Å². The van der Waals surface area contributed by atoms with Crippen molar-refractivity contribution in [3.05, 3.63) is 81.9 Å². The van der Waals surface area contributed by atoms with Crippen molar-refractivity contribution >= 4 is 0 Å². The van der Waals surface area contributed by atoms with E-state index < -0.39 is 0 Å². The zero-order chi connectivity index (χ0) is 19.0. The highest BCUT2D eigenvalue weighted by molar-refractivity contribution is 5.80. The van der Waals surface area contributed by atoms with Crippen LogP contribution in [0.25, 0.3) is 11.1 Å². The summed E-state index contributed by atoms with van der Waals surface area (Å²) in [6, 6.07) is 16.2. The molecule has 0 fully saturated rings. The van der Waals surface area contributed by atoms with Crippen LogP contribution in [0, 0.1) is 27.7 Å². The van der Waals surface area contributed by atoms with Gasteiger partial charge in [0.25, 0.3) is 0 Å². The molecule has 2 aromatic carbocycles. The van der Waals surface area contributed by atoms with E-state index in [0.29, 0.717) is 11.5 Å². The molecular formula is C24H26O2. The van der Waals surface area contributed by atoms with Crippen molar-refractivity contribution in [3.8, 4) is 22.6 Å². The third kappa shape index (κ3) is 3.60. The summed E-state index contributed by atoms with van der Waals surface area (Å²) in [6.45, 7) is 10.0. The van der Waals surface area contributed by atoms with Crippen molar-refractivity contribution in [2.75, 3.05) is 0 Å². The molecule has 0 unspecified atom stereocenters. The number of hydrogen-bond acceptors (Lipinski definition) is 2. The van der Waals surface area contributed by atoms with Gasteiger partial charge in [0, 0.05) is 5.92 Å². The van der Waals surface area contributed by atoms with Gasteiger partial charge in [-0.05, 0) is 90.4 Å². The van der Waals surface area contributed by atoms with E-state index in [2.05, 4.69) is 43.3 Å². The van der Waals surface area contributed by atoms with Gasteiger partial charge in [0.1, 0.15) is 11.5 Å². The van der Waals surface area contributed by atoms with Crippen LogP contribution in [0.3, 0.4) is 0 Å². The molecule has 0 amide bonds. The van der Waals surface area contributed by atoms with Crippen LogP contribution in [0.4, 0.5) is 0 Å². The van der Waals surface area contributed by atoms with Gasteiger partial charge in [-0.3, -0.25) is 0 Å². The van der Waals surface area contributed by atoms with E-state index in [1.54, 1.807) is 0 Å². The van der Waals surface area contributed by atoms with E-state index in [1.165, 1.54) is 22.3 Å². The highest BCUT2D eigenvalue weighted by atomic mass is 16.3. The van der Waals surface area contributed by atoms with Crippen LogP contribution >= 0.6 is 0 Å². The highest BCUT2D eigenvalue weighted by Crippen LogP contribution is 2.35. The Morgan fingerprint density at radius 2 is 1.04 bits per heavy atom. The van der Waals surface area contributed by atoms with Crippen molar-refractivity contribution in [1.29, 1.82) is 0 Å². The first kappa shape index (κ1) is 18.1. The first-order valence-corrected chi connectivity index (χ1v) is 8.98. The lowest BCUT2D eigenvalue weighted by Gasteiger charge is -2.20. The second-order valence-electron chi connectivity index (χ2n) is 7.29. The van der Waals surface area contributed by atoms with Gasteiger partial charge in [-0.15, -0.1) is 0 Å². The third-order valence-corrected chi connectivity index (χ3v) is 5.21. The second-order valence-corrected chi connectivity index (χ2v) is 7.29. The maximum Gasteiger partial charge on any atom is 0.118 e. The van der Waals surface area contributed by atoms with Crippen LogP contribution in [0.1, 0.15) is 46.2 Å². The largest absolute Gasteiger partial charge is 0.508 e. The lowest BCUT2D eigenvalue weighted by atomic mass is 9.86. The van der Waals surface area contributed by atoms with Crippen molar-refractivity contribution in [3.63, 3.8) is 0 Å². The topological polar surface area (TPSA) is 40.5 Å². The molecule has 2 heteroatoms. The average Bonchev–Trinajstić information content (AvgIpc) is 3.19. The van der Waals surface area contributed by atoms with E-state index >= 15 is 0 Å². The summed E-state index contributed by atoms with van der Waals surface area (Å²) in [7, 11) is 0. The van der Waals surface area contributed by atoms with Gasteiger partial charge >= 0.3 is 0 Å². The zero-order valence-corrected chi connectivity index (χ0v) is 16.1. The van der Waals surface area contributed by atoms with Crippen LogP contribution in [0.2, 0.25) is 0 Å². The third-order valence-electron chi connectivity index (χ3n) is 5.21. The van der Waals surface area contributed by atoms with Crippen LogP contribution in [0.15, 0.2) is 48.5 Å². The molecule has 4 rings (SSSR count). The molecule has 0 heterocycles. The fraction of sp³-hybridized carbons (Fsp3) is 0.250. The molecule has 0 saturated carbocycles. The number of phenolic OH excluding ortho intramolecular Hbond substituents is 2. The minimum Gasteiger partial charge on any atom is -0.508 e. The second kappa shape index (κ2) is 6.87. The fourth-order valence-corrected chi connectivity index (χ4v) is 3.42. The summed E-state index contributed by atoms with van der Waals surface area (Å²) in [5, 5.41) is 19.6. The lowest BCUT2D eigenvalue weighted by Crippen LogP contribution is -2.02. The van der Waals surface area contributed by atoms with E-state index in [1.807, 2.05) is 39.8 Å². The summed E-state index contributed by atoms with van der Waals surface area (Å²) >= 11 is 0. The maximum absolute atomic E-state index is 9.78. The molecule has 2 aromatic rings. The highest BCUT2D eigenvalue weighted by Gasteiger charge is 2.16. The Kier molecular flexibility index (Phi) is 4.78. The molecule has 0 bridgehead atoms. The quantitative estimate of drug-likeness (QED) is 0.457. The molecule has 0 atom stereocenters. The fourth-order valence-electron chi connectivity index (χ4n) is 3.42. The van der Waals surface area contributed by atoms with E-state index in [0.717, 1.165) is 22.3 Å². The van der Waals surface area contributed by atoms with Gasteiger partial charge < -0.3 is 10.2 Å². The van der Waals surface area contributed by atoms with Gasteiger partial charge in [0.2, 0.25) is 0 Å². The number of aromatic hydroxyl groups is 2. The van der Waals surface area contributed by atoms with E-state index in [9.17, 15) is 10.2 Å².